The molecule has 0 heterocycles. The molecular formula is C12H9Cl2N3. The predicted octanol–water partition coefficient (Wildman–Crippen LogP) is 5.10. The van der Waals surface area contributed by atoms with Gasteiger partial charge in [-0.05, 0) is 42.5 Å². The molecule has 86 valence electrons. The van der Waals surface area contributed by atoms with Crippen LogP contribution < -0.4 is 5.43 Å². The molecule has 0 aromatic heterocycles. The van der Waals surface area contributed by atoms with Gasteiger partial charge in [-0.15, -0.1) is 5.11 Å². The summed E-state index contributed by atoms with van der Waals surface area (Å²) >= 11 is 11.6. The predicted molar refractivity (Wildman–Crippen MR) is 71.0 cm³/mol. The zero-order valence-corrected chi connectivity index (χ0v) is 10.3. The topological polar surface area (TPSA) is 36.8 Å². The van der Waals surface area contributed by atoms with Crippen LogP contribution in [0.5, 0.6) is 0 Å². The number of hydrogen-bond donors (Lipinski definition) is 1. The first kappa shape index (κ1) is 11.9. The minimum atomic E-state index is 0.650. The Hall–Kier alpha value is -1.58. The molecule has 0 aliphatic carbocycles. The van der Waals surface area contributed by atoms with E-state index in [1.807, 2.05) is 12.1 Å². The first-order valence-electron chi connectivity index (χ1n) is 4.92. The highest BCUT2D eigenvalue weighted by molar-refractivity contribution is 6.31. The number of halogens is 2. The van der Waals surface area contributed by atoms with Crippen LogP contribution in [0.15, 0.2) is 58.9 Å². The molecule has 0 aliphatic rings. The number of benzene rings is 2. The van der Waals surface area contributed by atoms with Crippen LogP contribution in [0, 0.1) is 0 Å². The van der Waals surface area contributed by atoms with Gasteiger partial charge in [0.25, 0.3) is 0 Å². The van der Waals surface area contributed by atoms with Crippen LogP contribution in [0.2, 0.25) is 10.0 Å². The molecule has 2 rings (SSSR count). The van der Waals surface area contributed by atoms with Crippen molar-refractivity contribution < 1.29 is 0 Å². The Morgan fingerprint density at radius 3 is 2.35 bits per heavy atom. The van der Waals surface area contributed by atoms with E-state index in [2.05, 4.69) is 15.8 Å². The first-order chi connectivity index (χ1) is 8.24. The molecule has 2 aromatic rings. The van der Waals surface area contributed by atoms with Gasteiger partial charge < -0.3 is 0 Å². The molecule has 0 radical (unpaired) electrons. The van der Waals surface area contributed by atoms with Crippen LogP contribution in [0.3, 0.4) is 0 Å². The van der Waals surface area contributed by atoms with Crippen LogP contribution in [-0.2, 0) is 0 Å². The fourth-order valence-electron chi connectivity index (χ4n) is 1.21. The van der Waals surface area contributed by atoms with Crippen LogP contribution >= 0.6 is 23.2 Å². The molecule has 0 aliphatic heterocycles. The molecule has 3 nitrogen and oxygen atoms in total. The molecule has 2 aromatic carbocycles. The minimum Gasteiger partial charge on any atom is -0.260 e. The first-order valence-corrected chi connectivity index (χ1v) is 5.67. The monoisotopic (exact) mass is 265 g/mol. The fraction of sp³-hybridized carbons (Fsp3) is 0. The maximum Gasteiger partial charge on any atom is 0.0875 e. The molecule has 0 spiro atoms. The normalized spacial score (nSPS) is 10.7. The van der Waals surface area contributed by atoms with Crippen molar-refractivity contribution in [1.29, 1.82) is 0 Å². The molecule has 17 heavy (non-hydrogen) atoms. The molecule has 0 amide bonds. The molecule has 0 fully saturated rings. The maximum absolute atomic E-state index is 5.83. The highest BCUT2D eigenvalue weighted by Crippen LogP contribution is 2.18. The van der Waals surface area contributed by atoms with E-state index >= 15 is 0 Å². The van der Waals surface area contributed by atoms with Crippen LogP contribution in [-0.4, -0.2) is 0 Å². The molecule has 5 heteroatoms. The Labute approximate surface area is 109 Å². The smallest absolute Gasteiger partial charge is 0.0875 e. The fourth-order valence-corrected chi connectivity index (χ4v) is 1.52. The van der Waals surface area contributed by atoms with Gasteiger partial charge in [-0.1, -0.05) is 34.5 Å². The van der Waals surface area contributed by atoms with Crippen molar-refractivity contribution in [2.75, 3.05) is 5.43 Å². The van der Waals surface area contributed by atoms with Crippen LogP contribution in [0.4, 0.5) is 11.4 Å². The Morgan fingerprint density at radius 2 is 1.65 bits per heavy atom. The van der Waals surface area contributed by atoms with Gasteiger partial charge in [-0.25, -0.2) is 0 Å². The molecule has 0 saturated heterocycles. The third-order valence-electron chi connectivity index (χ3n) is 2.00. The summed E-state index contributed by atoms with van der Waals surface area (Å²) in [5.41, 5.74) is 4.30. The minimum absolute atomic E-state index is 0.650. The summed E-state index contributed by atoms with van der Waals surface area (Å²) in [5, 5.41) is 9.16. The Bertz CT molecular complexity index is 524. The molecule has 0 saturated carbocycles. The zero-order chi connectivity index (χ0) is 12.1. The second-order valence-electron chi connectivity index (χ2n) is 3.30. The standard InChI is InChI=1S/C12H9Cl2N3/c13-9-4-6-11(7-5-9)15-17-16-12-3-1-2-10(14)8-12/h1-8H,(H,15,16). The summed E-state index contributed by atoms with van der Waals surface area (Å²) in [4.78, 5) is 0. The summed E-state index contributed by atoms with van der Waals surface area (Å²) in [6, 6.07) is 14.3. The van der Waals surface area contributed by atoms with E-state index in [9.17, 15) is 0 Å². The van der Waals surface area contributed by atoms with Gasteiger partial charge in [0, 0.05) is 10.0 Å². The number of hydrogen-bond acceptors (Lipinski definition) is 2. The SMILES string of the molecule is Clc1ccc(N=NNc2cccc(Cl)c2)cc1. The molecule has 1 N–H and O–H groups in total. The van der Waals surface area contributed by atoms with Crippen molar-refractivity contribution in [2.24, 2.45) is 10.3 Å². The van der Waals surface area contributed by atoms with Crippen molar-refractivity contribution in [3.8, 4) is 0 Å². The average molecular weight is 266 g/mol. The second kappa shape index (κ2) is 5.66. The van der Waals surface area contributed by atoms with Crippen molar-refractivity contribution in [2.45, 2.75) is 0 Å². The van der Waals surface area contributed by atoms with E-state index in [-0.39, 0.29) is 0 Å². The molecule has 0 unspecified atom stereocenters. The number of anilines is 1. The van der Waals surface area contributed by atoms with E-state index in [4.69, 9.17) is 23.2 Å². The maximum atomic E-state index is 5.83. The number of nitrogens with one attached hydrogen (secondary N) is 1. The van der Waals surface area contributed by atoms with Gasteiger partial charge in [-0.3, -0.25) is 5.43 Å². The third kappa shape index (κ3) is 3.73. The lowest BCUT2D eigenvalue weighted by atomic mass is 10.3. The highest BCUT2D eigenvalue weighted by Gasteiger charge is 1.92. The van der Waals surface area contributed by atoms with E-state index in [1.54, 1.807) is 36.4 Å². The van der Waals surface area contributed by atoms with Crippen LogP contribution in [0.25, 0.3) is 0 Å². The third-order valence-corrected chi connectivity index (χ3v) is 2.48. The summed E-state index contributed by atoms with van der Waals surface area (Å²) in [5.74, 6) is 0. The lowest BCUT2D eigenvalue weighted by molar-refractivity contribution is 1.13. The van der Waals surface area contributed by atoms with E-state index < -0.39 is 0 Å². The van der Waals surface area contributed by atoms with E-state index in [1.165, 1.54) is 0 Å². The summed E-state index contributed by atoms with van der Waals surface area (Å²) in [6.07, 6.45) is 0. The summed E-state index contributed by atoms with van der Waals surface area (Å²) in [6.45, 7) is 0. The Morgan fingerprint density at radius 1 is 0.882 bits per heavy atom. The van der Waals surface area contributed by atoms with Gasteiger partial charge in [-0.2, -0.15) is 0 Å². The lowest BCUT2D eigenvalue weighted by Gasteiger charge is -1.98. The molecule has 0 atom stereocenters. The van der Waals surface area contributed by atoms with Gasteiger partial charge >= 0.3 is 0 Å². The number of rotatable bonds is 3. The van der Waals surface area contributed by atoms with Gasteiger partial charge in [0.05, 0.1) is 11.4 Å². The van der Waals surface area contributed by atoms with Crippen molar-refractivity contribution in [3.05, 3.63) is 58.6 Å². The number of nitrogens with zero attached hydrogens (tertiary/aromatic N) is 2. The molecule has 0 bridgehead atoms. The second-order valence-corrected chi connectivity index (χ2v) is 4.17. The van der Waals surface area contributed by atoms with Crippen molar-refractivity contribution in [1.82, 2.24) is 0 Å². The quantitative estimate of drug-likeness (QED) is 0.608. The largest absolute Gasteiger partial charge is 0.260 e. The highest BCUT2D eigenvalue weighted by atomic mass is 35.5. The van der Waals surface area contributed by atoms with Crippen molar-refractivity contribution in [3.63, 3.8) is 0 Å². The zero-order valence-electron chi connectivity index (χ0n) is 8.77. The van der Waals surface area contributed by atoms with Gasteiger partial charge in [0.2, 0.25) is 0 Å². The summed E-state index contributed by atoms with van der Waals surface area (Å²) < 4.78 is 0. The van der Waals surface area contributed by atoms with Gasteiger partial charge in [0.1, 0.15) is 0 Å². The van der Waals surface area contributed by atoms with E-state index in [0.717, 1.165) is 11.4 Å². The molecular weight excluding hydrogens is 257 g/mol. The Balaban J connectivity index is 2.00. The van der Waals surface area contributed by atoms with E-state index in [0.29, 0.717) is 10.0 Å². The Kier molecular flexibility index (Phi) is 3.96. The van der Waals surface area contributed by atoms with Gasteiger partial charge in [0.15, 0.2) is 0 Å². The van der Waals surface area contributed by atoms with Crippen molar-refractivity contribution >= 4 is 34.6 Å². The lowest BCUT2D eigenvalue weighted by Crippen LogP contribution is -1.85. The summed E-state index contributed by atoms with van der Waals surface area (Å²) in [7, 11) is 0. The average Bonchev–Trinajstić information content (AvgIpc) is 2.32. The van der Waals surface area contributed by atoms with Crippen LogP contribution in [0.1, 0.15) is 0 Å².